The monoisotopic (exact) mass is 671 g/mol. The number of nitrogens with zero attached hydrogens (tertiary/aromatic N) is 4. The van der Waals surface area contributed by atoms with Gasteiger partial charge in [0, 0.05) is 38.3 Å². The average molecular weight is 672 g/mol. The van der Waals surface area contributed by atoms with Crippen LogP contribution in [0.4, 0.5) is 0 Å². The van der Waals surface area contributed by atoms with Gasteiger partial charge in [0.25, 0.3) is 5.91 Å². The van der Waals surface area contributed by atoms with Crippen molar-refractivity contribution in [2.45, 2.75) is 77.7 Å². The zero-order chi connectivity index (χ0) is 35.2. The number of para-hydroxylation sites is 1. The van der Waals surface area contributed by atoms with Crippen LogP contribution in [0.3, 0.4) is 0 Å². The van der Waals surface area contributed by atoms with Crippen LogP contribution >= 0.6 is 0 Å². The minimum Gasteiger partial charge on any atom is -0.484 e. The van der Waals surface area contributed by atoms with Crippen molar-refractivity contribution in [1.82, 2.24) is 35.5 Å². The van der Waals surface area contributed by atoms with Crippen LogP contribution in [0.2, 0.25) is 0 Å². The average Bonchev–Trinajstić information content (AvgIpc) is 3.76. The summed E-state index contributed by atoms with van der Waals surface area (Å²) in [6.45, 7) is 7.49. The third-order valence-electron chi connectivity index (χ3n) is 8.98. The topological polar surface area (TPSA) is 155 Å². The van der Waals surface area contributed by atoms with Crippen LogP contribution in [0.25, 0.3) is 5.69 Å². The predicted molar refractivity (Wildman–Crippen MR) is 181 cm³/mol. The lowest BCUT2D eigenvalue weighted by Crippen LogP contribution is -2.58. The molecule has 1 saturated heterocycles. The van der Waals surface area contributed by atoms with Crippen molar-refractivity contribution in [3.8, 4) is 11.4 Å². The number of carbonyl (C=O) groups excluding carboxylic acids is 5. The first-order chi connectivity index (χ1) is 23.4. The van der Waals surface area contributed by atoms with Crippen molar-refractivity contribution < 1.29 is 28.7 Å². The molecule has 49 heavy (non-hydrogen) atoms. The summed E-state index contributed by atoms with van der Waals surface area (Å²) in [7, 11) is 1.66. The quantitative estimate of drug-likeness (QED) is 0.374. The van der Waals surface area contributed by atoms with Gasteiger partial charge in [-0.15, -0.1) is 0 Å². The summed E-state index contributed by atoms with van der Waals surface area (Å²) in [6, 6.07) is 11.2. The van der Waals surface area contributed by atoms with Crippen LogP contribution in [-0.2, 0) is 36.9 Å². The van der Waals surface area contributed by atoms with Crippen LogP contribution < -0.4 is 20.7 Å². The Hall–Kier alpha value is -5.20. The molecular weight excluding hydrogens is 626 g/mol. The summed E-state index contributed by atoms with van der Waals surface area (Å²) < 4.78 is 7.47. The number of fused-ring (bicyclic) bond motifs is 13. The minimum atomic E-state index is -0.989. The molecule has 2 bridgehead atoms. The number of hydrogen-bond acceptors (Lipinski definition) is 7. The van der Waals surface area contributed by atoms with Gasteiger partial charge >= 0.3 is 0 Å². The highest BCUT2D eigenvalue weighted by Gasteiger charge is 2.39. The van der Waals surface area contributed by atoms with Crippen molar-refractivity contribution >= 4 is 29.5 Å². The van der Waals surface area contributed by atoms with E-state index < -0.39 is 41.9 Å². The molecule has 0 radical (unpaired) electrons. The molecule has 0 saturated carbocycles. The van der Waals surface area contributed by atoms with E-state index >= 15 is 0 Å². The molecular formula is C36H45N7O6. The van der Waals surface area contributed by atoms with E-state index in [4.69, 9.17) is 4.74 Å². The molecule has 4 heterocycles. The number of amides is 5. The van der Waals surface area contributed by atoms with Crippen LogP contribution in [0.1, 0.15) is 50.3 Å². The molecule has 2 aromatic carbocycles. The van der Waals surface area contributed by atoms with Gasteiger partial charge < -0.3 is 30.5 Å². The van der Waals surface area contributed by atoms with Gasteiger partial charge in [-0.3, -0.25) is 24.0 Å². The lowest BCUT2D eigenvalue weighted by molar-refractivity contribution is -0.143. The molecule has 0 spiro atoms. The fraction of sp³-hybridized carbons (Fsp3) is 0.444. The first-order valence-corrected chi connectivity index (χ1v) is 16.7. The second-order valence-corrected chi connectivity index (χ2v) is 13.2. The number of hydrogen-bond donors (Lipinski definition) is 3. The van der Waals surface area contributed by atoms with Crippen molar-refractivity contribution in [3.05, 3.63) is 77.6 Å². The highest BCUT2D eigenvalue weighted by atomic mass is 16.5. The minimum absolute atomic E-state index is 0.166. The summed E-state index contributed by atoms with van der Waals surface area (Å²) in [5, 5.41) is 12.9. The molecule has 260 valence electrons. The van der Waals surface area contributed by atoms with Crippen molar-refractivity contribution in [2.24, 2.45) is 5.92 Å². The molecule has 13 heteroatoms. The van der Waals surface area contributed by atoms with Crippen molar-refractivity contribution in [1.29, 1.82) is 0 Å². The number of aryl methyl sites for hydroxylation is 1. The molecule has 13 nitrogen and oxygen atoms in total. The fourth-order valence-corrected chi connectivity index (χ4v) is 6.20. The van der Waals surface area contributed by atoms with Gasteiger partial charge in [-0.25, -0.2) is 4.68 Å². The van der Waals surface area contributed by atoms with Gasteiger partial charge in [0.05, 0.1) is 11.9 Å². The Labute approximate surface area is 286 Å². The van der Waals surface area contributed by atoms with Gasteiger partial charge in [-0.2, -0.15) is 5.10 Å². The maximum Gasteiger partial charge on any atom is 0.258 e. The molecule has 3 aliphatic rings. The smallest absolute Gasteiger partial charge is 0.258 e. The van der Waals surface area contributed by atoms with E-state index in [1.807, 2.05) is 51.2 Å². The van der Waals surface area contributed by atoms with Gasteiger partial charge in [-0.1, -0.05) is 44.2 Å². The molecule has 5 amide bonds. The second-order valence-electron chi connectivity index (χ2n) is 13.2. The number of aromatic nitrogens is 2. The SMILES string of the molecule is Cc1ccccc1-n1cc(CN(C)C(=O)[C@@H]2Cc3ccc(cc3)OCC(=O)N[C@H](C(C)C)C(=O)N3CCC[C@H]3C(=O)N[C@@H](C)C(=O)N2)cn1. The number of benzene rings is 2. The van der Waals surface area contributed by atoms with E-state index in [0.29, 0.717) is 25.1 Å². The second kappa shape index (κ2) is 15.3. The Balaban J connectivity index is 1.37. The van der Waals surface area contributed by atoms with Gasteiger partial charge in [0.2, 0.25) is 23.6 Å². The lowest BCUT2D eigenvalue weighted by Gasteiger charge is -2.31. The number of nitrogens with one attached hydrogen (secondary N) is 3. The van der Waals surface area contributed by atoms with Crippen molar-refractivity contribution in [3.63, 3.8) is 0 Å². The third-order valence-corrected chi connectivity index (χ3v) is 8.98. The zero-order valence-corrected chi connectivity index (χ0v) is 28.6. The molecule has 3 aliphatic heterocycles. The fourth-order valence-electron chi connectivity index (χ4n) is 6.20. The van der Waals surface area contributed by atoms with Crippen LogP contribution in [0, 0.1) is 12.8 Å². The normalized spacial score (nSPS) is 22.3. The zero-order valence-electron chi connectivity index (χ0n) is 28.6. The first-order valence-electron chi connectivity index (χ1n) is 16.7. The van der Waals surface area contributed by atoms with E-state index in [0.717, 1.165) is 22.4 Å². The lowest BCUT2D eigenvalue weighted by atomic mass is 10.0. The molecule has 1 fully saturated rings. The van der Waals surface area contributed by atoms with Crippen molar-refractivity contribution in [2.75, 3.05) is 20.2 Å². The predicted octanol–water partition coefficient (Wildman–Crippen LogP) is 1.90. The van der Waals surface area contributed by atoms with E-state index in [-0.39, 0.29) is 37.3 Å². The molecule has 1 aromatic heterocycles. The number of likely N-dealkylation sites (N-methyl/N-ethyl adjacent to an activating group) is 1. The Kier molecular flexibility index (Phi) is 11.0. The van der Waals surface area contributed by atoms with Gasteiger partial charge in [-0.05, 0) is 61.9 Å². The highest BCUT2D eigenvalue weighted by molar-refractivity contribution is 5.96. The van der Waals surface area contributed by atoms with Crippen LogP contribution in [0.15, 0.2) is 60.9 Å². The maximum absolute atomic E-state index is 13.9. The molecule has 6 rings (SSSR count). The highest BCUT2D eigenvalue weighted by Crippen LogP contribution is 2.21. The Morgan fingerprint density at radius 3 is 2.47 bits per heavy atom. The summed E-state index contributed by atoms with van der Waals surface area (Å²) in [5.74, 6) is -1.96. The standard InChI is InChI=1S/C36H45N7O6/c1-22(2)32-36(48)42-16-8-11-30(42)34(46)38-24(4)33(45)39-28(17-25-12-14-27(15-13-25)49-21-31(44)40-32)35(47)41(5)19-26-18-37-43(20-26)29-10-7-6-9-23(29)3/h6-7,9-10,12-15,18,20,22,24,28,30,32H,8,11,16-17,19,21H2,1-5H3,(H,38,46)(H,39,45)(H,40,44)/t24-,28-,30-,32+/m0/s1. The van der Waals surface area contributed by atoms with E-state index in [9.17, 15) is 24.0 Å². The van der Waals surface area contributed by atoms with Gasteiger partial charge in [0.1, 0.15) is 29.9 Å². The Morgan fingerprint density at radius 1 is 1.02 bits per heavy atom. The Bertz CT molecular complexity index is 1690. The summed E-state index contributed by atoms with van der Waals surface area (Å²) in [5.41, 5.74) is 3.55. The number of rotatable bonds is 5. The third kappa shape index (κ3) is 8.45. The summed E-state index contributed by atoms with van der Waals surface area (Å²) in [6.07, 6.45) is 4.77. The van der Waals surface area contributed by atoms with E-state index in [1.165, 1.54) is 9.80 Å². The first kappa shape index (κ1) is 35.1. The maximum atomic E-state index is 13.9. The van der Waals surface area contributed by atoms with Crippen LogP contribution in [-0.4, -0.2) is 93.5 Å². The van der Waals surface area contributed by atoms with E-state index in [1.54, 1.807) is 49.1 Å². The largest absolute Gasteiger partial charge is 0.484 e. The summed E-state index contributed by atoms with van der Waals surface area (Å²) >= 11 is 0. The Morgan fingerprint density at radius 2 is 1.76 bits per heavy atom. The molecule has 3 aromatic rings. The van der Waals surface area contributed by atoms with Crippen LogP contribution in [0.5, 0.6) is 5.75 Å². The van der Waals surface area contributed by atoms with E-state index in [2.05, 4.69) is 21.0 Å². The number of ether oxygens (including phenoxy) is 1. The molecule has 0 unspecified atom stereocenters. The molecule has 0 aliphatic carbocycles. The summed E-state index contributed by atoms with van der Waals surface area (Å²) in [4.78, 5) is 70.3. The van der Waals surface area contributed by atoms with Gasteiger partial charge in [0.15, 0.2) is 6.61 Å². The number of carbonyl (C=O) groups is 5. The molecule has 4 atom stereocenters. The molecule has 3 N–H and O–H groups in total.